The van der Waals surface area contributed by atoms with Crippen LogP contribution < -0.4 is 0 Å². The van der Waals surface area contributed by atoms with Gasteiger partial charge in [0.05, 0.1) is 0 Å². The maximum absolute atomic E-state index is 10.8. The highest BCUT2D eigenvalue weighted by Crippen LogP contribution is 2.23. The molecular formula is C8H12O5. The maximum Gasteiger partial charge on any atom is 0.308 e. The van der Waals surface area contributed by atoms with E-state index in [0.717, 1.165) is 0 Å². The summed E-state index contributed by atoms with van der Waals surface area (Å²) in [4.78, 5) is 21.2. The topological polar surface area (TPSA) is 72.8 Å². The first kappa shape index (κ1) is 9.98. The van der Waals surface area contributed by atoms with Crippen LogP contribution in [0.15, 0.2) is 0 Å². The molecule has 13 heavy (non-hydrogen) atoms. The Bertz CT molecular complexity index is 225. The molecule has 5 heteroatoms. The molecule has 1 atom stereocenters. The minimum absolute atomic E-state index is 0.284. The van der Waals surface area contributed by atoms with Crippen LogP contribution >= 0.6 is 0 Å². The van der Waals surface area contributed by atoms with Gasteiger partial charge in [-0.2, -0.15) is 0 Å². The summed E-state index contributed by atoms with van der Waals surface area (Å²) < 4.78 is 9.23. The molecule has 0 aromatic carbocycles. The standard InChI is InChI=1S/C8H12O5/c1-6(9)12-5-8(11)4-2-3-7(10)13-8/h11H,2-5H2,1H3. The van der Waals surface area contributed by atoms with Crippen molar-refractivity contribution < 1.29 is 24.2 Å². The van der Waals surface area contributed by atoms with Crippen LogP contribution in [0.3, 0.4) is 0 Å². The van der Waals surface area contributed by atoms with E-state index in [1.165, 1.54) is 6.92 Å². The Morgan fingerprint density at radius 2 is 2.46 bits per heavy atom. The first-order chi connectivity index (χ1) is 6.02. The monoisotopic (exact) mass is 188 g/mol. The average molecular weight is 188 g/mol. The lowest BCUT2D eigenvalue weighted by Gasteiger charge is -2.30. The van der Waals surface area contributed by atoms with Crippen LogP contribution in [0.25, 0.3) is 0 Å². The highest BCUT2D eigenvalue weighted by molar-refractivity contribution is 5.70. The van der Waals surface area contributed by atoms with Gasteiger partial charge in [-0.25, -0.2) is 0 Å². The Labute approximate surface area is 75.6 Å². The molecule has 1 heterocycles. The average Bonchev–Trinajstić information content (AvgIpc) is 2.01. The zero-order valence-corrected chi connectivity index (χ0v) is 7.41. The molecule has 0 amide bonds. The van der Waals surface area contributed by atoms with Gasteiger partial charge < -0.3 is 14.6 Å². The molecule has 1 aliphatic heterocycles. The fourth-order valence-corrected chi connectivity index (χ4v) is 1.14. The summed E-state index contributed by atoms with van der Waals surface area (Å²) in [7, 11) is 0. The van der Waals surface area contributed by atoms with Crippen molar-refractivity contribution in [2.24, 2.45) is 0 Å². The van der Waals surface area contributed by atoms with Crippen LogP contribution in [0.5, 0.6) is 0 Å². The predicted molar refractivity (Wildman–Crippen MR) is 41.5 cm³/mol. The molecule has 5 nitrogen and oxygen atoms in total. The second-order valence-electron chi connectivity index (χ2n) is 3.05. The second kappa shape index (κ2) is 3.74. The number of ether oxygens (including phenoxy) is 2. The first-order valence-electron chi connectivity index (χ1n) is 4.09. The molecule has 0 radical (unpaired) electrons. The Hall–Kier alpha value is -1.10. The van der Waals surface area contributed by atoms with Gasteiger partial charge in [-0.1, -0.05) is 0 Å². The van der Waals surface area contributed by atoms with E-state index in [1.54, 1.807) is 0 Å². The number of hydrogen-bond donors (Lipinski definition) is 1. The Balaban J connectivity index is 2.44. The lowest BCUT2D eigenvalue weighted by atomic mass is 10.1. The van der Waals surface area contributed by atoms with Gasteiger partial charge in [-0.05, 0) is 6.42 Å². The third-order valence-corrected chi connectivity index (χ3v) is 1.75. The number of carbonyl (C=O) groups excluding carboxylic acids is 2. The molecule has 0 spiro atoms. The van der Waals surface area contributed by atoms with E-state index in [4.69, 9.17) is 0 Å². The fraction of sp³-hybridized carbons (Fsp3) is 0.750. The fourth-order valence-electron chi connectivity index (χ4n) is 1.14. The molecule has 0 bridgehead atoms. The summed E-state index contributed by atoms with van der Waals surface area (Å²) in [6.07, 6.45) is 1.17. The van der Waals surface area contributed by atoms with Gasteiger partial charge in [0.25, 0.3) is 0 Å². The highest BCUT2D eigenvalue weighted by atomic mass is 16.7. The molecule has 1 unspecified atom stereocenters. The van der Waals surface area contributed by atoms with Gasteiger partial charge in [0.1, 0.15) is 0 Å². The third kappa shape index (κ3) is 3.02. The first-order valence-corrected chi connectivity index (χ1v) is 4.09. The lowest BCUT2D eigenvalue weighted by Crippen LogP contribution is -2.43. The van der Waals surface area contributed by atoms with E-state index < -0.39 is 17.7 Å². The summed E-state index contributed by atoms with van der Waals surface area (Å²) in [5, 5.41) is 9.57. The molecule has 1 N–H and O–H groups in total. The molecule has 1 rings (SSSR count). The number of esters is 2. The number of aliphatic hydroxyl groups is 1. The van der Waals surface area contributed by atoms with Gasteiger partial charge in [-0.15, -0.1) is 0 Å². The van der Waals surface area contributed by atoms with Crippen LogP contribution in [0.2, 0.25) is 0 Å². The van der Waals surface area contributed by atoms with Crippen molar-refractivity contribution in [1.29, 1.82) is 0 Å². The van der Waals surface area contributed by atoms with Crippen molar-refractivity contribution in [3.8, 4) is 0 Å². The largest absolute Gasteiger partial charge is 0.459 e. The normalized spacial score (nSPS) is 28.0. The maximum atomic E-state index is 10.8. The van der Waals surface area contributed by atoms with E-state index in [0.29, 0.717) is 19.3 Å². The van der Waals surface area contributed by atoms with Crippen LogP contribution in [0.1, 0.15) is 26.2 Å². The van der Waals surface area contributed by atoms with Gasteiger partial charge in [0.15, 0.2) is 6.61 Å². The van der Waals surface area contributed by atoms with Crippen LogP contribution in [0.4, 0.5) is 0 Å². The van der Waals surface area contributed by atoms with Crippen molar-refractivity contribution >= 4 is 11.9 Å². The van der Waals surface area contributed by atoms with E-state index >= 15 is 0 Å². The molecule has 1 fully saturated rings. The third-order valence-electron chi connectivity index (χ3n) is 1.75. The minimum Gasteiger partial charge on any atom is -0.459 e. The van der Waals surface area contributed by atoms with E-state index in [1.807, 2.05) is 0 Å². The number of cyclic esters (lactones) is 1. The minimum atomic E-state index is -1.61. The molecule has 0 aliphatic carbocycles. The van der Waals surface area contributed by atoms with Gasteiger partial charge >= 0.3 is 11.9 Å². The summed E-state index contributed by atoms with van der Waals surface area (Å²) in [6.45, 7) is 0.947. The van der Waals surface area contributed by atoms with E-state index in [9.17, 15) is 14.7 Å². The zero-order valence-electron chi connectivity index (χ0n) is 7.41. The van der Waals surface area contributed by atoms with Gasteiger partial charge in [0, 0.05) is 19.8 Å². The molecule has 0 saturated carbocycles. The summed E-state index contributed by atoms with van der Waals surface area (Å²) in [6, 6.07) is 0. The van der Waals surface area contributed by atoms with Crippen LogP contribution in [-0.4, -0.2) is 29.4 Å². The van der Waals surface area contributed by atoms with Crippen LogP contribution in [-0.2, 0) is 19.1 Å². The smallest absolute Gasteiger partial charge is 0.308 e. The van der Waals surface area contributed by atoms with Gasteiger partial charge in [-0.3, -0.25) is 9.59 Å². The zero-order chi connectivity index (χ0) is 9.90. The van der Waals surface area contributed by atoms with Crippen molar-refractivity contribution in [1.82, 2.24) is 0 Å². The van der Waals surface area contributed by atoms with Crippen molar-refractivity contribution in [3.05, 3.63) is 0 Å². The van der Waals surface area contributed by atoms with Crippen molar-refractivity contribution in [2.45, 2.75) is 32.0 Å². The van der Waals surface area contributed by atoms with Gasteiger partial charge in [0.2, 0.25) is 5.79 Å². The van der Waals surface area contributed by atoms with E-state index in [2.05, 4.69) is 9.47 Å². The SMILES string of the molecule is CC(=O)OCC1(O)CCCC(=O)O1. The summed E-state index contributed by atoms with van der Waals surface area (Å²) in [5.41, 5.74) is 0. The Morgan fingerprint density at radius 3 is 3.00 bits per heavy atom. The lowest BCUT2D eigenvalue weighted by molar-refractivity contribution is -0.240. The second-order valence-corrected chi connectivity index (χ2v) is 3.05. The highest BCUT2D eigenvalue weighted by Gasteiger charge is 2.36. The Morgan fingerprint density at radius 1 is 1.77 bits per heavy atom. The number of carbonyl (C=O) groups is 2. The van der Waals surface area contributed by atoms with Crippen molar-refractivity contribution in [3.63, 3.8) is 0 Å². The molecule has 1 saturated heterocycles. The number of hydrogen-bond acceptors (Lipinski definition) is 5. The Kier molecular flexibility index (Phi) is 2.87. The van der Waals surface area contributed by atoms with Crippen molar-refractivity contribution in [2.75, 3.05) is 6.61 Å². The molecule has 74 valence electrons. The van der Waals surface area contributed by atoms with Crippen LogP contribution in [0, 0.1) is 0 Å². The predicted octanol–water partition coefficient (Wildman–Crippen LogP) is -0.0348. The molecule has 1 aliphatic rings. The van der Waals surface area contributed by atoms with E-state index in [-0.39, 0.29) is 6.61 Å². The quantitative estimate of drug-likeness (QED) is 0.616. The number of rotatable bonds is 2. The molecule has 0 aromatic rings. The molecule has 0 aromatic heterocycles. The summed E-state index contributed by atoms with van der Waals surface area (Å²) in [5.74, 6) is -2.57. The molecular weight excluding hydrogens is 176 g/mol. The summed E-state index contributed by atoms with van der Waals surface area (Å²) >= 11 is 0.